The zero-order chi connectivity index (χ0) is 20.8. The molecule has 2 aromatic carbocycles. The van der Waals surface area contributed by atoms with E-state index < -0.39 is 25.6 Å². The maximum Gasteiger partial charge on any atom is 0.635 e. The van der Waals surface area contributed by atoms with Gasteiger partial charge < -0.3 is 29.5 Å². The van der Waals surface area contributed by atoms with Crippen molar-refractivity contribution in [3.63, 3.8) is 0 Å². The molecule has 3 rings (SSSR count). The Bertz CT molecular complexity index is 816. The van der Waals surface area contributed by atoms with Crippen molar-refractivity contribution in [3.8, 4) is 5.75 Å². The molecule has 2 aromatic rings. The Labute approximate surface area is 170 Å². The van der Waals surface area contributed by atoms with Gasteiger partial charge in [-0.2, -0.15) is 0 Å². The van der Waals surface area contributed by atoms with Gasteiger partial charge in [-0.05, 0) is 25.0 Å². The van der Waals surface area contributed by atoms with E-state index in [1.807, 2.05) is 50.2 Å². The van der Waals surface area contributed by atoms with E-state index in [1.54, 1.807) is 12.1 Å². The van der Waals surface area contributed by atoms with Crippen LogP contribution in [0, 0.1) is 6.92 Å². The SMILES string of the molecule is CCO[C@@H](C(=O)N[C@@H](CC1COc2c(C)cccc21)OB(O)O)c1ccccc1. The lowest BCUT2D eigenvalue weighted by Gasteiger charge is -2.25. The van der Waals surface area contributed by atoms with Crippen LogP contribution in [0.15, 0.2) is 48.5 Å². The van der Waals surface area contributed by atoms with Gasteiger partial charge in [-0.3, -0.25) is 4.79 Å². The number of para-hydroxylation sites is 1. The molecule has 0 radical (unpaired) electrons. The van der Waals surface area contributed by atoms with Gasteiger partial charge in [0.05, 0.1) is 6.61 Å². The summed E-state index contributed by atoms with van der Waals surface area (Å²) < 4.78 is 16.6. The second-order valence-corrected chi connectivity index (χ2v) is 6.94. The number of aryl methyl sites for hydroxylation is 1. The minimum atomic E-state index is -2.01. The van der Waals surface area contributed by atoms with Crippen LogP contribution in [-0.2, 0) is 14.2 Å². The smallest absolute Gasteiger partial charge is 0.492 e. The Morgan fingerprint density at radius 3 is 2.69 bits per heavy atom. The molecule has 0 aliphatic carbocycles. The molecule has 3 atom stereocenters. The molecule has 3 N–H and O–H groups in total. The summed E-state index contributed by atoms with van der Waals surface area (Å²) in [6, 6.07) is 15.0. The van der Waals surface area contributed by atoms with Gasteiger partial charge in [0.15, 0.2) is 6.10 Å². The van der Waals surface area contributed by atoms with Gasteiger partial charge in [-0.25, -0.2) is 0 Å². The standard InChI is InChI=1S/C21H26BNO6/c1-3-27-20(15-9-5-4-6-10-15)21(24)23-18(29-22(25)26)12-16-13-28-19-14(2)8-7-11-17(16)19/h4-11,16,18,20,25-26H,3,12-13H2,1-2H3,(H,23,24)/t16?,18-,20-/m1/s1. The van der Waals surface area contributed by atoms with Crippen molar-refractivity contribution in [2.24, 2.45) is 0 Å². The number of fused-ring (bicyclic) bond motifs is 1. The summed E-state index contributed by atoms with van der Waals surface area (Å²) in [6.07, 6.45) is -1.42. The molecule has 29 heavy (non-hydrogen) atoms. The highest BCUT2D eigenvalue weighted by atomic mass is 16.6. The maximum absolute atomic E-state index is 12.9. The topological polar surface area (TPSA) is 97.3 Å². The lowest BCUT2D eigenvalue weighted by molar-refractivity contribution is -0.136. The van der Waals surface area contributed by atoms with Crippen LogP contribution in [0.25, 0.3) is 0 Å². The van der Waals surface area contributed by atoms with Crippen LogP contribution in [0.3, 0.4) is 0 Å². The van der Waals surface area contributed by atoms with E-state index in [2.05, 4.69) is 5.32 Å². The molecule has 0 spiro atoms. The van der Waals surface area contributed by atoms with Crippen molar-refractivity contribution < 1.29 is 29.0 Å². The summed E-state index contributed by atoms with van der Waals surface area (Å²) in [4.78, 5) is 12.9. The first kappa shape index (κ1) is 21.3. The second-order valence-electron chi connectivity index (χ2n) is 6.94. The monoisotopic (exact) mass is 399 g/mol. The number of carbonyl (C=O) groups excluding carboxylic acids is 1. The van der Waals surface area contributed by atoms with E-state index in [0.717, 1.165) is 16.9 Å². The number of carbonyl (C=O) groups is 1. The van der Waals surface area contributed by atoms with Crippen LogP contribution in [0.4, 0.5) is 0 Å². The highest BCUT2D eigenvalue weighted by Crippen LogP contribution is 2.38. The summed E-state index contributed by atoms with van der Waals surface area (Å²) >= 11 is 0. The minimum Gasteiger partial charge on any atom is -0.492 e. The van der Waals surface area contributed by atoms with Crippen LogP contribution in [0.2, 0.25) is 0 Å². The van der Waals surface area contributed by atoms with Gasteiger partial charge in [0.25, 0.3) is 5.91 Å². The molecule has 1 heterocycles. The average Bonchev–Trinajstić information content (AvgIpc) is 3.10. The molecule has 0 saturated carbocycles. The van der Waals surface area contributed by atoms with Crippen LogP contribution in [-0.4, -0.2) is 42.7 Å². The van der Waals surface area contributed by atoms with E-state index in [1.165, 1.54) is 0 Å². The first-order valence-electron chi connectivity index (χ1n) is 9.70. The zero-order valence-corrected chi connectivity index (χ0v) is 16.6. The van der Waals surface area contributed by atoms with Crippen LogP contribution in [0.5, 0.6) is 5.75 Å². The molecule has 1 unspecified atom stereocenters. The van der Waals surface area contributed by atoms with Crippen molar-refractivity contribution >= 4 is 13.2 Å². The fourth-order valence-electron chi connectivity index (χ4n) is 3.57. The number of ether oxygens (including phenoxy) is 2. The van der Waals surface area contributed by atoms with Crippen molar-refractivity contribution in [2.45, 2.75) is 38.5 Å². The van der Waals surface area contributed by atoms with Crippen molar-refractivity contribution in [2.75, 3.05) is 13.2 Å². The highest BCUT2D eigenvalue weighted by molar-refractivity contribution is 6.32. The van der Waals surface area contributed by atoms with Crippen molar-refractivity contribution in [3.05, 3.63) is 65.2 Å². The Morgan fingerprint density at radius 1 is 1.24 bits per heavy atom. The van der Waals surface area contributed by atoms with E-state index in [9.17, 15) is 14.8 Å². The predicted octanol–water partition coefficient (Wildman–Crippen LogP) is 2.07. The number of hydrogen-bond acceptors (Lipinski definition) is 6. The summed E-state index contributed by atoms with van der Waals surface area (Å²) in [6.45, 7) is 4.57. The zero-order valence-electron chi connectivity index (χ0n) is 16.6. The Morgan fingerprint density at radius 2 is 2.00 bits per heavy atom. The number of nitrogens with one attached hydrogen (secondary N) is 1. The van der Waals surface area contributed by atoms with E-state index >= 15 is 0 Å². The number of hydrogen-bond donors (Lipinski definition) is 3. The first-order valence-corrected chi connectivity index (χ1v) is 9.70. The number of benzene rings is 2. The quantitative estimate of drug-likeness (QED) is 0.441. The van der Waals surface area contributed by atoms with E-state index in [0.29, 0.717) is 25.2 Å². The largest absolute Gasteiger partial charge is 0.635 e. The molecule has 1 amide bonds. The fraction of sp³-hybridized carbons (Fsp3) is 0.381. The summed E-state index contributed by atoms with van der Waals surface area (Å²) in [7, 11) is -2.01. The normalized spacial score (nSPS) is 17.2. The van der Waals surface area contributed by atoms with Gasteiger partial charge in [0.2, 0.25) is 0 Å². The van der Waals surface area contributed by atoms with Crippen LogP contribution >= 0.6 is 0 Å². The lowest BCUT2D eigenvalue weighted by atomic mass is 9.95. The van der Waals surface area contributed by atoms with Gasteiger partial charge in [0, 0.05) is 24.5 Å². The van der Waals surface area contributed by atoms with Gasteiger partial charge in [-0.1, -0.05) is 48.5 Å². The van der Waals surface area contributed by atoms with Crippen molar-refractivity contribution in [1.82, 2.24) is 5.32 Å². The molecule has 8 heteroatoms. The molecule has 1 aliphatic heterocycles. The molecular weight excluding hydrogens is 373 g/mol. The molecule has 0 saturated heterocycles. The average molecular weight is 399 g/mol. The summed E-state index contributed by atoms with van der Waals surface area (Å²) in [5.41, 5.74) is 2.76. The number of amides is 1. The predicted molar refractivity (Wildman–Crippen MR) is 108 cm³/mol. The van der Waals surface area contributed by atoms with E-state index in [-0.39, 0.29) is 5.92 Å². The van der Waals surface area contributed by atoms with E-state index in [4.69, 9.17) is 14.1 Å². The van der Waals surface area contributed by atoms with Gasteiger partial charge in [-0.15, -0.1) is 0 Å². The van der Waals surface area contributed by atoms with Gasteiger partial charge in [0.1, 0.15) is 12.0 Å². The molecular formula is C21H26BNO6. The van der Waals surface area contributed by atoms with Crippen molar-refractivity contribution in [1.29, 1.82) is 0 Å². The Balaban J connectivity index is 1.74. The van der Waals surface area contributed by atoms with Gasteiger partial charge >= 0.3 is 7.32 Å². The fourth-order valence-corrected chi connectivity index (χ4v) is 3.57. The van der Waals surface area contributed by atoms with Crippen LogP contribution in [0.1, 0.15) is 42.1 Å². The molecule has 1 aliphatic rings. The third-order valence-electron chi connectivity index (χ3n) is 4.87. The minimum absolute atomic E-state index is 0.0452. The molecule has 7 nitrogen and oxygen atoms in total. The second kappa shape index (κ2) is 9.89. The Hall–Kier alpha value is -2.39. The third kappa shape index (κ3) is 5.36. The molecule has 0 fully saturated rings. The molecule has 0 aromatic heterocycles. The first-order chi connectivity index (χ1) is 14.0. The van der Waals surface area contributed by atoms with Crippen LogP contribution < -0.4 is 10.1 Å². The Kier molecular flexibility index (Phi) is 7.27. The molecule has 154 valence electrons. The summed E-state index contributed by atoms with van der Waals surface area (Å²) in [5, 5.41) is 21.4. The number of rotatable bonds is 9. The highest BCUT2D eigenvalue weighted by Gasteiger charge is 2.32. The summed E-state index contributed by atoms with van der Waals surface area (Å²) in [5.74, 6) is 0.381. The molecule has 0 bridgehead atoms. The third-order valence-corrected chi connectivity index (χ3v) is 4.87. The maximum atomic E-state index is 12.9. The lowest BCUT2D eigenvalue weighted by Crippen LogP contribution is -2.44.